The van der Waals surface area contributed by atoms with E-state index in [9.17, 15) is 4.79 Å². The van der Waals surface area contributed by atoms with Crippen LogP contribution in [0.3, 0.4) is 0 Å². The number of nitrogens with zero attached hydrogens (tertiary/aromatic N) is 2. The first-order valence-electron chi connectivity index (χ1n) is 9.10. The number of benzene rings is 1. The molecule has 1 saturated carbocycles. The van der Waals surface area contributed by atoms with Crippen LogP contribution in [-0.2, 0) is 12.8 Å². The van der Waals surface area contributed by atoms with Crippen molar-refractivity contribution in [2.45, 2.75) is 38.1 Å². The molecule has 0 aromatic heterocycles. The molecule has 0 bridgehead atoms. The minimum absolute atomic E-state index is 0.0214. The van der Waals surface area contributed by atoms with Crippen molar-refractivity contribution in [1.29, 1.82) is 0 Å². The van der Waals surface area contributed by atoms with Gasteiger partial charge in [-0.05, 0) is 48.9 Å². The van der Waals surface area contributed by atoms with Gasteiger partial charge in [-0.2, -0.15) is 0 Å². The Kier molecular flexibility index (Phi) is 4.90. The number of aliphatic imine (C=N–C) groups is 1. The second kappa shape index (κ2) is 7.28. The van der Waals surface area contributed by atoms with Crippen LogP contribution in [0.5, 0.6) is 0 Å². The Morgan fingerprint density at radius 1 is 1.25 bits per heavy atom. The summed E-state index contributed by atoms with van der Waals surface area (Å²) in [5.41, 5.74) is 3.57. The molecule has 0 atom stereocenters. The molecule has 1 N–H and O–H groups in total. The number of carbonyl (C=O) groups excluding carboxylic acids is 1. The Balaban J connectivity index is 1.39. The van der Waals surface area contributed by atoms with Crippen LogP contribution in [0.1, 0.15) is 40.7 Å². The first-order valence-corrected chi connectivity index (χ1v) is 10.1. The van der Waals surface area contributed by atoms with Gasteiger partial charge in [-0.1, -0.05) is 12.5 Å². The number of fused-ring (bicyclic) bond motifs is 1. The summed E-state index contributed by atoms with van der Waals surface area (Å²) in [5, 5.41) is 4.06. The van der Waals surface area contributed by atoms with Crippen LogP contribution in [-0.4, -0.2) is 53.8 Å². The van der Waals surface area contributed by atoms with E-state index < -0.39 is 0 Å². The van der Waals surface area contributed by atoms with Crippen LogP contribution in [0.25, 0.3) is 0 Å². The average molecular weight is 343 g/mol. The zero-order valence-electron chi connectivity index (χ0n) is 14.1. The molecule has 3 aliphatic rings. The molecule has 24 heavy (non-hydrogen) atoms. The van der Waals surface area contributed by atoms with Crippen LogP contribution < -0.4 is 5.32 Å². The van der Waals surface area contributed by atoms with Crippen LogP contribution in [0.15, 0.2) is 23.2 Å². The highest BCUT2D eigenvalue weighted by atomic mass is 32.2. The summed E-state index contributed by atoms with van der Waals surface area (Å²) in [4.78, 5) is 19.4. The smallest absolute Gasteiger partial charge is 0.251 e. The molecule has 1 fully saturated rings. The molecule has 4 nitrogen and oxygen atoms in total. The van der Waals surface area contributed by atoms with Crippen molar-refractivity contribution >= 4 is 22.7 Å². The Morgan fingerprint density at radius 3 is 2.79 bits per heavy atom. The molecule has 2 aliphatic heterocycles. The largest absolute Gasteiger partial charge is 0.346 e. The van der Waals surface area contributed by atoms with Gasteiger partial charge in [0.1, 0.15) is 0 Å². The molecule has 5 heteroatoms. The molecule has 4 rings (SSSR count). The lowest BCUT2D eigenvalue weighted by atomic mass is 9.91. The number of hydrogen-bond donors (Lipinski definition) is 1. The summed E-state index contributed by atoms with van der Waals surface area (Å²) < 4.78 is 0. The third kappa shape index (κ3) is 3.52. The normalized spacial score (nSPS) is 21.6. The second-order valence-corrected chi connectivity index (χ2v) is 8.08. The molecule has 1 aromatic carbocycles. The summed E-state index contributed by atoms with van der Waals surface area (Å²) in [7, 11) is 0. The van der Waals surface area contributed by atoms with E-state index in [1.54, 1.807) is 11.8 Å². The Hall–Kier alpha value is -1.33. The highest BCUT2D eigenvalue weighted by Gasteiger charge is 2.26. The molecule has 0 saturated heterocycles. The van der Waals surface area contributed by atoms with Crippen molar-refractivity contribution in [3.05, 3.63) is 34.9 Å². The first kappa shape index (κ1) is 16.2. The van der Waals surface area contributed by atoms with Gasteiger partial charge in [-0.15, -0.1) is 11.8 Å². The van der Waals surface area contributed by atoms with Gasteiger partial charge in [0.15, 0.2) is 0 Å². The summed E-state index contributed by atoms with van der Waals surface area (Å²) in [6.07, 6.45) is 6.30. The lowest BCUT2D eigenvalue weighted by Crippen LogP contribution is -2.41. The van der Waals surface area contributed by atoms with Crippen LogP contribution in [0.2, 0.25) is 0 Å². The lowest BCUT2D eigenvalue weighted by Gasteiger charge is -2.36. The molecule has 128 valence electrons. The molecule has 0 spiro atoms. The number of nitrogens with one attached hydrogen (secondary N) is 1. The predicted octanol–water partition coefficient (Wildman–Crippen LogP) is 2.51. The number of carbonyl (C=O) groups is 1. The monoisotopic (exact) mass is 343 g/mol. The maximum atomic E-state index is 12.4. The van der Waals surface area contributed by atoms with E-state index in [-0.39, 0.29) is 5.91 Å². The highest BCUT2D eigenvalue weighted by Crippen LogP contribution is 2.27. The Morgan fingerprint density at radius 2 is 2.08 bits per heavy atom. The quantitative estimate of drug-likeness (QED) is 0.914. The van der Waals surface area contributed by atoms with E-state index in [1.165, 1.54) is 36.9 Å². The van der Waals surface area contributed by atoms with Crippen molar-refractivity contribution < 1.29 is 4.79 Å². The van der Waals surface area contributed by atoms with Gasteiger partial charge in [0.2, 0.25) is 0 Å². The molecule has 1 aromatic rings. The van der Waals surface area contributed by atoms with E-state index in [1.807, 2.05) is 6.07 Å². The van der Waals surface area contributed by atoms with Crippen molar-refractivity contribution in [2.24, 2.45) is 4.99 Å². The number of rotatable bonds is 4. The van der Waals surface area contributed by atoms with E-state index >= 15 is 0 Å². The predicted molar refractivity (Wildman–Crippen MR) is 100 cm³/mol. The average Bonchev–Trinajstić information content (AvgIpc) is 2.99. The van der Waals surface area contributed by atoms with Crippen molar-refractivity contribution in [3.63, 3.8) is 0 Å². The second-order valence-electron chi connectivity index (χ2n) is 6.91. The molecule has 1 amide bonds. The standard InChI is InChI=1S/C19H25N3OS/c23-19(21-13-18-20-8-11-24-18)16-5-4-14-6-9-22(17-2-1-3-17)10-7-15(14)12-16/h4-5,12,17H,1-3,6-11,13H2,(H,21,23). The minimum atomic E-state index is 0.0214. The van der Waals surface area contributed by atoms with E-state index in [0.717, 1.165) is 48.3 Å². The van der Waals surface area contributed by atoms with Crippen molar-refractivity contribution in [2.75, 3.05) is 31.9 Å². The van der Waals surface area contributed by atoms with Crippen molar-refractivity contribution in [3.8, 4) is 0 Å². The van der Waals surface area contributed by atoms with Gasteiger partial charge in [0, 0.05) is 37.0 Å². The molecule has 0 unspecified atom stereocenters. The maximum absolute atomic E-state index is 12.4. The third-order valence-electron chi connectivity index (χ3n) is 5.44. The van der Waals surface area contributed by atoms with E-state index in [0.29, 0.717) is 6.54 Å². The fourth-order valence-corrected chi connectivity index (χ4v) is 4.52. The number of thioether (sulfide) groups is 1. The fraction of sp³-hybridized carbons (Fsp3) is 0.579. The summed E-state index contributed by atoms with van der Waals surface area (Å²) in [6, 6.07) is 7.07. The summed E-state index contributed by atoms with van der Waals surface area (Å²) in [5.74, 6) is 1.06. The highest BCUT2D eigenvalue weighted by molar-refractivity contribution is 8.14. The van der Waals surface area contributed by atoms with E-state index in [4.69, 9.17) is 0 Å². The minimum Gasteiger partial charge on any atom is -0.346 e. The van der Waals surface area contributed by atoms with Gasteiger partial charge >= 0.3 is 0 Å². The topological polar surface area (TPSA) is 44.7 Å². The zero-order valence-corrected chi connectivity index (χ0v) is 14.9. The van der Waals surface area contributed by atoms with Crippen LogP contribution in [0.4, 0.5) is 0 Å². The molecule has 1 aliphatic carbocycles. The lowest BCUT2D eigenvalue weighted by molar-refractivity contribution is 0.0959. The summed E-state index contributed by atoms with van der Waals surface area (Å²) >= 11 is 1.75. The zero-order chi connectivity index (χ0) is 16.4. The van der Waals surface area contributed by atoms with Gasteiger partial charge in [-0.3, -0.25) is 14.7 Å². The van der Waals surface area contributed by atoms with E-state index in [2.05, 4.69) is 27.3 Å². The van der Waals surface area contributed by atoms with Crippen molar-refractivity contribution in [1.82, 2.24) is 10.2 Å². The molecule has 2 heterocycles. The van der Waals surface area contributed by atoms with Crippen LogP contribution >= 0.6 is 11.8 Å². The Bertz CT molecular complexity index is 654. The number of amides is 1. The maximum Gasteiger partial charge on any atom is 0.251 e. The van der Waals surface area contributed by atoms with Gasteiger partial charge in [-0.25, -0.2) is 0 Å². The molecular formula is C19H25N3OS. The third-order valence-corrected chi connectivity index (χ3v) is 6.44. The summed E-state index contributed by atoms with van der Waals surface area (Å²) in [6.45, 7) is 3.75. The van der Waals surface area contributed by atoms with Gasteiger partial charge < -0.3 is 5.32 Å². The molecular weight excluding hydrogens is 318 g/mol. The molecule has 0 radical (unpaired) electrons. The SMILES string of the molecule is O=C(NCC1=NCCS1)c1ccc2c(c1)CCN(C1CCC1)CC2. The van der Waals surface area contributed by atoms with Gasteiger partial charge in [0.25, 0.3) is 5.91 Å². The number of hydrogen-bond acceptors (Lipinski definition) is 4. The fourth-order valence-electron chi connectivity index (χ4n) is 3.75. The van der Waals surface area contributed by atoms with Crippen LogP contribution in [0, 0.1) is 0 Å². The van der Waals surface area contributed by atoms with Gasteiger partial charge in [0.05, 0.1) is 11.6 Å². The first-order chi connectivity index (χ1) is 11.8. The Labute approximate surface area is 148 Å².